The van der Waals surface area contributed by atoms with Gasteiger partial charge in [-0.25, -0.2) is 23.1 Å². The first kappa shape index (κ1) is 39.9. The van der Waals surface area contributed by atoms with E-state index in [4.69, 9.17) is 5.10 Å². The summed E-state index contributed by atoms with van der Waals surface area (Å²) < 4.78 is 37.0. The number of amides is 3. The Morgan fingerprint density at radius 2 is 1.75 bits per heavy atom. The number of carbonyl (C=O) groups is 3. The normalized spacial score (nSPS) is 23.6. The molecule has 63 heavy (non-hydrogen) atoms. The van der Waals surface area contributed by atoms with E-state index < -0.39 is 23.9 Å². The van der Waals surface area contributed by atoms with Gasteiger partial charge < -0.3 is 20.4 Å². The quantitative estimate of drug-likeness (QED) is 0.185. The van der Waals surface area contributed by atoms with Crippen molar-refractivity contribution in [1.82, 2.24) is 44.2 Å². The Hall–Kier alpha value is -5.88. The standard InChI is InChI=1S/C45H52F2N12O4/c1-48-31-21-38(52-59-36(22-49-40(31)59)42(62)50-28-6-7-28)57-17-12-30-27(4-3-5-32(30)57)23-54-16-13-37(45(46,47)26-54)56-24-44(25-56)14-18-55(19-15-44)29-8-9-33-35(20-29)53(2)43(63)58(33)34-10-11-39(60)51-41(34)61/h3-5,8-9,20-22,28,34,37,48H,6-7,10-19,23-26H2,1-2H3,(H,50,62)(H,51,60,61)/t34?,37-/m0/s1. The number of hydrogen-bond donors (Lipinski definition) is 3. The first-order valence-corrected chi connectivity index (χ1v) is 22.3. The number of imidazole rings is 2. The summed E-state index contributed by atoms with van der Waals surface area (Å²) >= 11 is 0. The van der Waals surface area contributed by atoms with Crippen LogP contribution >= 0.6 is 0 Å². The van der Waals surface area contributed by atoms with Gasteiger partial charge in [0, 0.05) is 89.8 Å². The van der Waals surface area contributed by atoms with Crippen molar-refractivity contribution in [1.29, 1.82) is 0 Å². The van der Waals surface area contributed by atoms with Gasteiger partial charge in [0.2, 0.25) is 11.8 Å². The Balaban J connectivity index is 0.720. The molecule has 1 unspecified atom stereocenters. The van der Waals surface area contributed by atoms with E-state index in [0.717, 1.165) is 78.9 Å². The van der Waals surface area contributed by atoms with Crippen LogP contribution in [0.5, 0.6) is 0 Å². The maximum atomic E-state index is 16.2. The van der Waals surface area contributed by atoms with E-state index in [2.05, 4.69) is 42.9 Å². The number of carbonyl (C=O) groups excluding carboxylic acids is 3. The Bertz CT molecular complexity index is 2740. The maximum Gasteiger partial charge on any atom is 0.329 e. The summed E-state index contributed by atoms with van der Waals surface area (Å²) in [5.74, 6) is -3.14. The summed E-state index contributed by atoms with van der Waals surface area (Å²) in [5, 5.41) is 13.5. The molecule has 3 amide bonds. The molecule has 11 rings (SSSR count). The van der Waals surface area contributed by atoms with Crippen molar-refractivity contribution in [2.75, 3.05) is 68.0 Å². The lowest BCUT2D eigenvalue weighted by atomic mass is 9.70. The molecule has 5 fully saturated rings. The molecule has 0 bridgehead atoms. The Kier molecular flexibility index (Phi) is 9.42. The Morgan fingerprint density at radius 1 is 0.937 bits per heavy atom. The highest BCUT2D eigenvalue weighted by atomic mass is 19.3. The molecule has 1 aliphatic carbocycles. The zero-order valence-electron chi connectivity index (χ0n) is 35.6. The predicted molar refractivity (Wildman–Crippen MR) is 233 cm³/mol. The van der Waals surface area contributed by atoms with Crippen LogP contribution in [0.15, 0.2) is 53.5 Å². The van der Waals surface area contributed by atoms with Gasteiger partial charge in [0.25, 0.3) is 11.8 Å². The van der Waals surface area contributed by atoms with Crippen LogP contribution in [0.3, 0.4) is 0 Å². The van der Waals surface area contributed by atoms with Crippen molar-refractivity contribution in [3.63, 3.8) is 0 Å². The number of aryl methyl sites for hydroxylation is 1. The highest BCUT2D eigenvalue weighted by molar-refractivity contribution is 6.00. The van der Waals surface area contributed by atoms with E-state index in [9.17, 15) is 19.2 Å². The molecule has 0 radical (unpaired) electrons. The van der Waals surface area contributed by atoms with Crippen molar-refractivity contribution >= 4 is 57.3 Å². The molecule has 330 valence electrons. The SMILES string of the molecule is CNc1cc(N2CCc3c(CN4CC[C@H](N5CC6(CCN(c7ccc8c(c7)n(C)c(=O)n8C7CCC(=O)NC7=O)CC6)C5)C(F)(F)C4)cccc32)nn2c(C(=O)NC3CC3)cnc12. The lowest BCUT2D eigenvalue weighted by Gasteiger charge is -2.58. The van der Waals surface area contributed by atoms with Crippen LogP contribution in [0, 0.1) is 5.41 Å². The van der Waals surface area contributed by atoms with Gasteiger partial charge in [0.1, 0.15) is 6.04 Å². The number of likely N-dealkylation sites (tertiary alicyclic amines) is 2. The van der Waals surface area contributed by atoms with Gasteiger partial charge in [0.05, 0.1) is 35.5 Å². The monoisotopic (exact) mass is 862 g/mol. The molecular weight excluding hydrogens is 811 g/mol. The summed E-state index contributed by atoms with van der Waals surface area (Å²) in [5.41, 5.74) is 6.98. The molecule has 4 saturated heterocycles. The second-order valence-corrected chi connectivity index (χ2v) is 18.6. The van der Waals surface area contributed by atoms with Crippen LogP contribution in [0.4, 0.5) is 31.7 Å². The van der Waals surface area contributed by atoms with E-state index in [1.807, 2.05) is 47.2 Å². The fourth-order valence-corrected chi connectivity index (χ4v) is 11.0. The van der Waals surface area contributed by atoms with Gasteiger partial charge in [-0.1, -0.05) is 12.1 Å². The van der Waals surface area contributed by atoms with Gasteiger partial charge in [-0.15, -0.1) is 5.10 Å². The number of hydrogen-bond acceptors (Lipinski definition) is 11. The van der Waals surface area contributed by atoms with Gasteiger partial charge in [0.15, 0.2) is 17.2 Å². The largest absolute Gasteiger partial charge is 0.385 e. The smallest absolute Gasteiger partial charge is 0.329 e. The molecule has 3 N–H and O–H groups in total. The average Bonchev–Trinajstić information content (AvgIpc) is 3.68. The van der Waals surface area contributed by atoms with E-state index in [0.29, 0.717) is 61.8 Å². The van der Waals surface area contributed by atoms with Gasteiger partial charge in [-0.3, -0.25) is 38.6 Å². The van der Waals surface area contributed by atoms with Gasteiger partial charge in [-0.05, 0) is 85.8 Å². The van der Waals surface area contributed by atoms with E-state index >= 15 is 8.78 Å². The molecule has 5 aliphatic heterocycles. The molecule has 1 saturated carbocycles. The minimum atomic E-state index is -2.85. The lowest BCUT2D eigenvalue weighted by molar-refractivity contribution is -0.171. The van der Waals surface area contributed by atoms with Crippen LogP contribution in [0.1, 0.15) is 72.6 Å². The molecule has 2 aromatic carbocycles. The first-order valence-electron chi connectivity index (χ1n) is 22.3. The van der Waals surface area contributed by atoms with Crippen LogP contribution in [-0.2, 0) is 29.6 Å². The Morgan fingerprint density at radius 3 is 2.49 bits per heavy atom. The van der Waals surface area contributed by atoms with Gasteiger partial charge >= 0.3 is 5.69 Å². The summed E-state index contributed by atoms with van der Waals surface area (Å²) in [6.07, 6.45) is 6.96. The first-order chi connectivity index (χ1) is 30.4. The number of aromatic nitrogens is 5. The average molecular weight is 863 g/mol. The lowest BCUT2D eigenvalue weighted by Crippen LogP contribution is -2.68. The van der Waals surface area contributed by atoms with Crippen molar-refractivity contribution in [2.45, 2.75) is 82.0 Å². The second-order valence-electron chi connectivity index (χ2n) is 18.6. The van der Waals surface area contributed by atoms with E-state index in [1.165, 1.54) is 4.57 Å². The number of nitrogens with zero attached hydrogens (tertiary/aromatic N) is 9. The van der Waals surface area contributed by atoms with Crippen LogP contribution in [0.25, 0.3) is 16.7 Å². The number of rotatable bonds is 9. The third kappa shape index (κ3) is 6.83. The minimum Gasteiger partial charge on any atom is -0.385 e. The summed E-state index contributed by atoms with van der Waals surface area (Å²) in [6.45, 7) is 4.36. The summed E-state index contributed by atoms with van der Waals surface area (Å²) in [6, 6.07) is 12.6. The molecule has 8 heterocycles. The van der Waals surface area contributed by atoms with Crippen molar-refractivity contribution in [3.05, 3.63) is 76.0 Å². The molecule has 3 aromatic heterocycles. The number of fused-ring (bicyclic) bond motifs is 3. The second kappa shape index (κ2) is 14.9. The molecule has 6 aliphatic rings. The highest BCUT2D eigenvalue weighted by Crippen LogP contribution is 2.46. The zero-order valence-corrected chi connectivity index (χ0v) is 35.6. The Labute approximate surface area is 362 Å². The molecular formula is C45H52F2N12O4. The number of nitrogens with one attached hydrogen (secondary N) is 3. The third-order valence-electron chi connectivity index (χ3n) is 14.6. The van der Waals surface area contributed by atoms with Crippen molar-refractivity contribution < 1.29 is 23.2 Å². The number of alkyl halides is 2. The van der Waals surface area contributed by atoms with E-state index in [1.54, 1.807) is 22.3 Å². The number of anilines is 4. The number of piperidine rings is 3. The van der Waals surface area contributed by atoms with Crippen molar-refractivity contribution in [3.8, 4) is 0 Å². The number of benzene rings is 2. The number of imide groups is 1. The molecule has 1 spiro atoms. The zero-order chi connectivity index (χ0) is 43.4. The third-order valence-corrected chi connectivity index (χ3v) is 14.6. The summed E-state index contributed by atoms with van der Waals surface area (Å²) in [4.78, 5) is 63.6. The van der Waals surface area contributed by atoms with Crippen LogP contribution in [0.2, 0.25) is 0 Å². The molecule has 18 heteroatoms. The minimum absolute atomic E-state index is 0.0159. The summed E-state index contributed by atoms with van der Waals surface area (Å²) in [7, 11) is 3.52. The van der Waals surface area contributed by atoms with Gasteiger partial charge in [-0.2, -0.15) is 0 Å². The molecule has 2 atom stereocenters. The number of halogens is 2. The molecule has 5 aromatic rings. The fourth-order valence-electron chi connectivity index (χ4n) is 11.0. The van der Waals surface area contributed by atoms with Crippen LogP contribution < -0.4 is 31.4 Å². The highest BCUT2D eigenvalue weighted by Gasteiger charge is 2.55. The predicted octanol–water partition coefficient (Wildman–Crippen LogP) is 3.80. The van der Waals surface area contributed by atoms with Crippen LogP contribution in [-0.4, -0.2) is 122 Å². The fraction of sp³-hybridized carbons (Fsp3) is 0.511. The molecule has 16 nitrogen and oxygen atoms in total. The van der Waals surface area contributed by atoms with Crippen molar-refractivity contribution in [2.24, 2.45) is 12.5 Å². The topological polar surface area (TPSA) is 157 Å². The maximum absolute atomic E-state index is 16.2. The van der Waals surface area contributed by atoms with E-state index in [-0.39, 0.29) is 48.3 Å².